The van der Waals surface area contributed by atoms with Crippen molar-refractivity contribution in [3.8, 4) is 11.5 Å². The second-order valence-corrected chi connectivity index (χ2v) is 7.84. The van der Waals surface area contributed by atoms with E-state index in [-0.39, 0.29) is 11.1 Å². The van der Waals surface area contributed by atoms with Crippen LogP contribution in [-0.2, 0) is 11.4 Å². The van der Waals surface area contributed by atoms with Gasteiger partial charge in [-0.15, -0.1) is 0 Å². The molecule has 0 amide bonds. The molecule has 0 aliphatic rings. The van der Waals surface area contributed by atoms with Crippen molar-refractivity contribution in [2.75, 3.05) is 13.2 Å². The van der Waals surface area contributed by atoms with Gasteiger partial charge in [0.1, 0.15) is 30.1 Å². The molecular formula is C21H21Cl4NO3. The zero-order valence-electron chi connectivity index (χ0n) is 16.1. The highest BCUT2D eigenvalue weighted by Crippen LogP contribution is 2.37. The van der Waals surface area contributed by atoms with Gasteiger partial charge in [-0.25, -0.2) is 0 Å². The maximum absolute atomic E-state index is 6.28. The zero-order valence-corrected chi connectivity index (χ0v) is 19.1. The molecule has 0 aliphatic heterocycles. The van der Waals surface area contributed by atoms with E-state index in [1.54, 1.807) is 12.1 Å². The fraction of sp³-hybridized carbons (Fsp3) is 0.286. The predicted molar refractivity (Wildman–Crippen MR) is 121 cm³/mol. The first-order chi connectivity index (χ1) is 13.9. The number of ether oxygens (including phenoxy) is 2. The van der Waals surface area contributed by atoms with Crippen LogP contribution in [0.3, 0.4) is 0 Å². The molecule has 0 heterocycles. The third-order valence-electron chi connectivity index (χ3n) is 3.71. The Hall–Kier alpha value is -1.59. The first-order valence-electron chi connectivity index (χ1n) is 8.92. The van der Waals surface area contributed by atoms with Crippen LogP contribution < -0.4 is 9.47 Å². The number of halogens is 4. The number of nitrogens with zero attached hydrogens (tertiary/aromatic N) is 1. The van der Waals surface area contributed by atoms with Gasteiger partial charge in [-0.1, -0.05) is 82.7 Å². The Bertz CT molecular complexity index is 840. The molecule has 0 unspecified atom stereocenters. The molecule has 4 nitrogen and oxygen atoms in total. The number of benzene rings is 2. The summed E-state index contributed by atoms with van der Waals surface area (Å²) in [4.78, 5) is 5.21. The van der Waals surface area contributed by atoms with Crippen LogP contribution >= 0.6 is 46.4 Å². The molecule has 0 aromatic heterocycles. The Labute approximate surface area is 190 Å². The minimum atomic E-state index is 0.128. The molecule has 2 rings (SSSR count). The molecule has 29 heavy (non-hydrogen) atoms. The molecule has 2 aromatic rings. The van der Waals surface area contributed by atoms with Crippen LogP contribution in [0, 0.1) is 0 Å². The van der Waals surface area contributed by atoms with Gasteiger partial charge in [-0.3, -0.25) is 0 Å². The van der Waals surface area contributed by atoms with Gasteiger partial charge in [0.2, 0.25) is 0 Å². The van der Waals surface area contributed by atoms with E-state index in [2.05, 4.69) is 5.16 Å². The largest absolute Gasteiger partial charge is 0.489 e. The minimum absolute atomic E-state index is 0.128. The van der Waals surface area contributed by atoms with Gasteiger partial charge in [-0.2, -0.15) is 0 Å². The van der Waals surface area contributed by atoms with E-state index < -0.39 is 0 Å². The maximum atomic E-state index is 6.28. The number of rotatable bonds is 10. The average molecular weight is 477 g/mol. The lowest BCUT2D eigenvalue weighted by molar-refractivity contribution is 0.145. The summed E-state index contributed by atoms with van der Waals surface area (Å²) in [6, 6.07) is 11.1. The fourth-order valence-electron chi connectivity index (χ4n) is 2.24. The van der Waals surface area contributed by atoms with Gasteiger partial charge in [0, 0.05) is 12.1 Å². The smallest absolute Gasteiger partial charge is 0.157 e. The summed E-state index contributed by atoms with van der Waals surface area (Å²) >= 11 is 23.7. The first-order valence-corrected chi connectivity index (χ1v) is 10.4. The molecule has 0 bridgehead atoms. The lowest BCUT2D eigenvalue weighted by Crippen LogP contribution is -2.00. The second-order valence-electron chi connectivity index (χ2n) is 6.02. The molecule has 0 saturated heterocycles. The number of hydrogen-bond donors (Lipinski definition) is 0. The van der Waals surface area contributed by atoms with E-state index in [1.165, 1.54) is 6.08 Å². The van der Waals surface area contributed by atoms with Gasteiger partial charge >= 0.3 is 0 Å². The molecule has 0 aliphatic carbocycles. The molecule has 0 atom stereocenters. The Morgan fingerprint density at radius 2 is 1.69 bits per heavy atom. The highest BCUT2D eigenvalue weighted by Gasteiger charge is 2.11. The van der Waals surface area contributed by atoms with Crippen LogP contribution in [0.15, 0.2) is 52.1 Å². The lowest BCUT2D eigenvalue weighted by atomic mass is 10.1. The third-order valence-corrected chi connectivity index (χ3v) is 4.58. The van der Waals surface area contributed by atoms with Crippen LogP contribution in [0.25, 0.3) is 0 Å². The monoisotopic (exact) mass is 475 g/mol. The molecular weight excluding hydrogens is 456 g/mol. The van der Waals surface area contributed by atoms with Crippen molar-refractivity contribution in [2.24, 2.45) is 5.16 Å². The van der Waals surface area contributed by atoms with E-state index in [9.17, 15) is 0 Å². The van der Waals surface area contributed by atoms with Gasteiger partial charge in [0.15, 0.2) is 5.75 Å². The van der Waals surface area contributed by atoms with Crippen molar-refractivity contribution in [1.82, 2.24) is 0 Å². The van der Waals surface area contributed by atoms with Crippen molar-refractivity contribution in [3.05, 3.63) is 68.1 Å². The van der Waals surface area contributed by atoms with Crippen LogP contribution in [-0.4, -0.2) is 18.9 Å². The van der Waals surface area contributed by atoms with Crippen molar-refractivity contribution in [1.29, 1.82) is 0 Å². The van der Waals surface area contributed by atoms with Crippen LogP contribution in [0.4, 0.5) is 0 Å². The lowest BCUT2D eigenvalue weighted by Gasteiger charge is -2.12. The van der Waals surface area contributed by atoms with Crippen LogP contribution in [0.2, 0.25) is 10.0 Å². The first kappa shape index (κ1) is 23.7. The van der Waals surface area contributed by atoms with E-state index in [0.717, 1.165) is 23.3 Å². The normalized spacial score (nSPS) is 11.2. The molecule has 0 radical (unpaired) electrons. The Morgan fingerprint density at radius 1 is 1.03 bits per heavy atom. The zero-order chi connectivity index (χ0) is 21.2. The van der Waals surface area contributed by atoms with Crippen molar-refractivity contribution in [2.45, 2.75) is 26.9 Å². The fourth-order valence-corrected chi connectivity index (χ4v) is 2.95. The molecule has 0 N–H and O–H groups in total. The molecule has 156 valence electrons. The topological polar surface area (TPSA) is 40.0 Å². The number of hydrogen-bond acceptors (Lipinski definition) is 4. The summed E-state index contributed by atoms with van der Waals surface area (Å²) in [6.45, 7) is 5.06. The SMILES string of the molecule is CCCON=C(C)c1ccc(COc2c(Cl)cc(OCC=C(Cl)Cl)cc2Cl)cc1. The van der Waals surface area contributed by atoms with Gasteiger partial charge < -0.3 is 14.3 Å². The molecule has 2 aromatic carbocycles. The summed E-state index contributed by atoms with van der Waals surface area (Å²) < 4.78 is 11.4. The number of oxime groups is 1. The highest BCUT2D eigenvalue weighted by atomic mass is 35.5. The predicted octanol–water partition coefficient (Wildman–Crippen LogP) is 7.42. The second kappa shape index (κ2) is 12.2. The summed E-state index contributed by atoms with van der Waals surface area (Å²) in [5, 5.41) is 4.79. The van der Waals surface area contributed by atoms with Crippen molar-refractivity contribution in [3.63, 3.8) is 0 Å². The van der Waals surface area contributed by atoms with E-state index in [1.807, 2.05) is 38.1 Å². The third kappa shape index (κ3) is 7.98. The van der Waals surface area contributed by atoms with Crippen LogP contribution in [0.1, 0.15) is 31.4 Å². The Morgan fingerprint density at radius 3 is 2.28 bits per heavy atom. The summed E-state index contributed by atoms with van der Waals surface area (Å²) in [5.74, 6) is 0.879. The summed E-state index contributed by atoms with van der Waals surface area (Å²) in [6.07, 6.45) is 2.44. The van der Waals surface area contributed by atoms with Crippen molar-refractivity contribution < 1.29 is 14.3 Å². The highest BCUT2D eigenvalue weighted by molar-refractivity contribution is 6.55. The van der Waals surface area contributed by atoms with Gasteiger partial charge in [0.05, 0.1) is 15.8 Å². The molecule has 0 fully saturated rings. The quantitative estimate of drug-likeness (QED) is 0.203. The summed E-state index contributed by atoms with van der Waals surface area (Å²) in [5.41, 5.74) is 2.76. The van der Waals surface area contributed by atoms with E-state index >= 15 is 0 Å². The van der Waals surface area contributed by atoms with Crippen LogP contribution in [0.5, 0.6) is 11.5 Å². The summed E-state index contributed by atoms with van der Waals surface area (Å²) in [7, 11) is 0. The Kier molecular flexibility index (Phi) is 9.95. The molecule has 0 spiro atoms. The van der Waals surface area contributed by atoms with E-state index in [0.29, 0.717) is 34.8 Å². The Balaban J connectivity index is 1.98. The van der Waals surface area contributed by atoms with Crippen molar-refractivity contribution >= 4 is 52.1 Å². The molecule has 8 heteroatoms. The average Bonchev–Trinajstić information content (AvgIpc) is 2.67. The van der Waals surface area contributed by atoms with E-state index in [4.69, 9.17) is 60.7 Å². The standard InChI is InChI=1S/C21H21Cl4NO3/c1-3-9-29-26-14(2)16-6-4-15(5-7-16)13-28-21-18(22)11-17(12-19(21)23)27-10-8-20(24)25/h4-8,11-12H,3,9-10,13H2,1-2H3. The van der Waals surface area contributed by atoms with Gasteiger partial charge in [-0.05, 0) is 30.5 Å². The minimum Gasteiger partial charge on any atom is -0.489 e. The molecule has 0 saturated carbocycles. The maximum Gasteiger partial charge on any atom is 0.157 e. The van der Waals surface area contributed by atoms with Gasteiger partial charge in [0.25, 0.3) is 0 Å².